The Morgan fingerprint density at radius 2 is 2.15 bits per heavy atom. The lowest BCUT2D eigenvalue weighted by Crippen LogP contribution is -2.23. The molecule has 0 bridgehead atoms. The molecule has 0 aliphatic heterocycles. The highest BCUT2D eigenvalue weighted by Gasteiger charge is 2.04. The minimum atomic E-state index is -0.229. The maximum absolute atomic E-state index is 11.9. The summed E-state index contributed by atoms with van der Waals surface area (Å²) in [6.07, 6.45) is 0.305. The summed E-state index contributed by atoms with van der Waals surface area (Å²) in [6, 6.07) is 9.50. The van der Waals surface area contributed by atoms with Crippen molar-refractivity contribution in [1.29, 1.82) is 0 Å². The normalized spacial score (nSPS) is 10.7. The van der Waals surface area contributed by atoms with Crippen LogP contribution in [0.25, 0.3) is 10.9 Å². The highest BCUT2D eigenvalue weighted by molar-refractivity contribution is 5.78. The SMILES string of the molecule is CCOC(=O)CCNCc1cc2ccccc2[nH]c1=O. The number of ether oxygens (including phenoxy) is 1. The fraction of sp³-hybridized carbons (Fsp3) is 0.333. The third-order valence-electron chi connectivity index (χ3n) is 2.96. The van der Waals surface area contributed by atoms with Gasteiger partial charge in [0.1, 0.15) is 0 Å². The van der Waals surface area contributed by atoms with Crippen molar-refractivity contribution in [2.75, 3.05) is 13.2 Å². The van der Waals surface area contributed by atoms with E-state index in [2.05, 4.69) is 10.3 Å². The molecule has 2 N–H and O–H groups in total. The number of para-hydroxylation sites is 1. The molecular weight excluding hydrogens is 256 g/mol. The second-order valence-corrected chi connectivity index (χ2v) is 4.44. The zero-order chi connectivity index (χ0) is 14.4. The van der Waals surface area contributed by atoms with E-state index in [1.165, 1.54) is 0 Å². The summed E-state index contributed by atoms with van der Waals surface area (Å²) < 4.78 is 4.83. The Labute approximate surface area is 117 Å². The molecule has 0 spiro atoms. The maximum Gasteiger partial charge on any atom is 0.307 e. The van der Waals surface area contributed by atoms with Gasteiger partial charge in [0, 0.05) is 24.2 Å². The molecule has 0 unspecified atom stereocenters. The first-order chi connectivity index (χ1) is 9.70. The van der Waals surface area contributed by atoms with Gasteiger partial charge in [-0.2, -0.15) is 0 Å². The Morgan fingerprint density at radius 1 is 1.35 bits per heavy atom. The van der Waals surface area contributed by atoms with Crippen molar-refractivity contribution in [2.45, 2.75) is 19.9 Å². The number of aromatic amines is 1. The van der Waals surface area contributed by atoms with E-state index in [9.17, 15) is 9.59 Å². The van der Waals surface area contributed by atoms with Gasteiger partial charge in [0.05, 0.1) is 13.0 Å². The van der Waals surface area contributed by atoms with E-state index in [4.69, 9.17) is 4.74 Å². The van der Waals surface area contributed by atoms with Crippen molar-refractivity contribution < 1.29 is 9.53 Å². The first-order valence-corrected chi connectivity index (χ1v) is 6.68. The molecule has 0 aliphatic rings. The van der Waals surface area contributed by atoms with Crippen LogP contribution in [0.5, 0.6) is 0 Å². The van der Waals surface area contributed by atoms with Gasteiger partial charge in [-0.15, -0.1) is 0 Å². The quantitative estimate of drug-likeness (QED) is 0.619. The molecule has 0 fully saturated rings. The van der Waals surface area contributed by atoms with Gasteiger partial charge in [0.15, 0.2) is 0 Å². The molecule has 2 aromatic rings. The topological polar surface area (TPSA) is 71.2 Å². The fourth-order valence-corrected chi connectivity index (χ4v) is 1.97. The number of carbonyl (C=O) groups excluding carboxylic acids is 1. The van der Waals surface area contributed by atoms with Crippen LogP contribution in [0.15, 0.2) is 35.1 Å². The summed E-state index contributed by atoms with van der Waals surface area (Å²) in [6.45, 7) is 3.09. The van der Waals surface area contributed by atoms with Crippen LogP contribution in [0.2, 0.25) is 0 Å². The number of nitrogens with one attached hydrogen (secondary N) is 2. The molecule has 0 radical (unpaired) electrons. The number of rotatable bonds is 6. The van der Waals surface area contributed by atoms with Crippen molar-refractivity contribution >= 4 is 16.9 Å². The summed E-state index contributed by atoms with van der Waals surface area (Å²) in [4.78, 5) is 25.9. The predicted octanol–water partition coefficient (Wildman–Crippen LogP) is 1.57. The number of H-pyrrole nitrogens is 1. The van der Waals surface area contributed by atoms with Crippen molar-refractivity contribution in [3.63, 3.8) is 0 Å². The van der Waals surface area contributed by atoms with Crippen LogP contribution in [-0.2, 0) is 16.1 Å². The van der Waals surface area contributed by atoms with E-state index in [-0.39, 0.29) is 11.5 Å². The number of esters is 1. The minimum absolute atomic E-state index is 0.104. The molecule has 1 aromatic carbocycles. The van der Waals surface area contributed by atoms with Crippen molar-refractivity contribution in [2.24, 2.45) is 0 Å². The van der Waals surface area contributed by atoms with E-state index in [1.807, 2.05) is 30.3 Å². The van der Waals surface area contributed by atoms with Crippen LogP contribution in [-0.4, -0.2) is 24.1 Å². The monoisotopic (exact) mass is 274 g/mol. The van der Waals surface area contributed by atoms with Gasteiger partial charge in [-0.3, -0.25) is 9.59 Å². The molecule has 0 saturated heterocycles. The molecular formula is C15H18N2O3. The molecule has 1 aromatic heterocycles. The van der Waals surface area contributed by atoms with Gasteiger partial charge in [0.25, 0.3) is 5.56 Å². The largest absolute Gasteiger partial charge is 0.466 e. The van der Waals surface area contributed by atoms with Crippen LogP contribution < -0.4 is 10.9 Å². The first-order valence-electron chi connectivity index (χ1n) is 6.68. The van der Waals surface area contributed by atoms with E-state index in [1.54, 1.807) is 6.92 Å². The number of fused-ring (bicyclic) bond motifs is 1. The summed E-state index contributed by atoms with van der Waals surface area (Å²) >= 11 is 0. The molecule has 20 heavy (non-hydrogen) atoms. The lowest BCUT2D eigenvalue weighted by molar-refractivity contribution is -0.142. The van der Waals surface area contributed by atoms with Gasteiger partial charge < -0.3 is 15.0 Å². The van der Waals surface area contributed by atoms with E-state index in [0.717, 1.165) is 10.9 Å². The summed E-state index contributed by atoms with van der Waals surface area (Å²) in [5.41, 5.74) is 1.38. The predicted molar refractivity (Wildman–Crippen MR) is 77.5 cm³/mol. The first kappa shape index (κ1) is 14.3. The fourth-order valence-electron chi connectivity index (χ4n) is 1.97. The Morgan fingerprint density at radius 3 is 2.95 bits per heavy atom. The number of benzene rings is 1. The number of carbonyl (C=O) groups is 1. The van der Waals surface area contributed by atoms with Crippen LogP contribution in [0, 0.1) is 0 Å². The van der Waals surface area contributed by atoms with Gasteiger partial charge in [0.2, 0.25) is 0 Å². The molecule has 0 aliphatic carbocycles. The number of pyridine rings is 1. The second-order valence-electron chi connectivity index (χ2n) is 4.44. The zero-order valence-electron chi connectivity index (χ0n) is 11.4. The van der Waals surface area contributed by atoms with Gasteiger partial charge in [-0.1, -0.05) is 18.2 Å². The zero-order valence-corrected chi connectivity index (χ0v) is 11.4. The van der Waals surface area contributed by atoms with E-state index >= 15 is 0 Å². The number of hydrogen-bond donors (Lipinski definition) is 2. The van der Waals surface area contributed by atoms with Crippen LogP contribution in [0.3, 0.4) is 0 Å². The second kappa shape index (κ2) is 6.86. The Balaban J connectivity index is 1.94. The third-order valence-corrected chi connectivity index (χ3v) is 2.96. The average molecular weight is 274 g/mol. The summed E-state index contributed by atoms with van der Waals surface area (Å²) in [5.74, 6) is -0.229. The van der Waals surface area contributed by atoms with E-state index in [0.29, 0.717) is 31.7 Å². The molecule has 0 amide bonds. The van der Waals surface area contributed by atoms with E-state index < -0.39 is 0 Å². The highest BCUT2D eigenvalue weighted by atomic mass is 16.5. The smallest absolute Gasteiger partial charge is 0.307 e. The van der Waals surface area contributed by atoms with Crippen molar-refractivity contribution in [3.05, 3.63) is 46.2 Å². The molecule has 106 valence electrons. The number of aromatic nitrogens is 1. The lowest BCUT2D eigenvalue weighted by atomic mass is 10.1. The standard InChI is InChI=1S/C15H18N2O3/c1-2-20-14(18)7-8-16-10-12-9-11-5-3-4-6-13(11)17-15(12)19/h3-6,9,16H,2,7-8,10H2,1H3,(H,17,19). The molecule has 5 heteroatoms. The van der Waals surface area contributed by atoms with Crippen LogP contribution >= 0.6 is 0 Å². The van der Waals surface area contributed by atoms with Crippen LogP contribution in [0.4, 0.5) is 0 Å². The molecule has 2 rings (SSSR count). The maximum atomic E-state index is 11.9. The minimum Gasteiger partial charge on any atom is -0.466 e. The average Bonchev–Trinajstić information content (AvgIpc) is 2.44. The lowest BCUT2D eigenvalue weighted by Gasteiger charge is -2.05. The Bertz CT molecular complexity index is 649. The molecule has 0 saturated carbocycles. The summed E-state index contributed by atoms with van der Waals surface area (Å²) in [7, 11) is 0. The van der Waals surface area contributed by atoms with Gasteiger partial charge in [-0.05, 0) is 24.4 Å². The molecule has 1 heterocycles. The van der Waals surface area contributed by atoms with Gasteiger partial charge in [-0.25, -0.2) is 0 Å². The third kappa shape index (κ3) is 3.68. The number of hydrogen-bond acceptors (Lipinski definition) is 4. The molecule has 5 nitrogen and oxygen atoms in total. The van der Waals surface area contributed by atoms with Crippen LogP contribution in [0.1, 0.15) is 18.9 Å². The highest BCUT2D eigenvalue weighted by Crippen LogP contribution is 2.09. The summed E-state index contributed by atoms with van der Waals surface area (Å²) in [5, 5.41) is 4.07. The Hall–Kier alpha value is -2.14. The van der Waals surface area contributed by atoms with Crippen molar-refractivity contribution in [3.8, 4) is 0 Å². The molecule has 0 atom stereocenters. The van der Waals surface area contributed by atoms with Gasteiger partial charge >= 0.3 is 5.97 Å². The van der Waals surface area contributed by atoms with Crippen molar-refractivity contribution in [1.82, 2.24) is 10.3 Å². The Kier molecular flexibility index (Phi) is 4.90.